The van der Waals surface area contributed by atoms with E-state index in [2.05, 4.69) is 5.32 Å². The van der Waals surface area contributed by atoms with Crippen molar-refractivity contribution in [1.82, 2.24) is 5.32 Å². The molecule has 0 aromatic heterocycles. The number of nitrogens with two attached hydrogens (primary N) is 1. The van der Waals surface area contributed by atoms with Gasteiger partial charge in [-0.2, -0.15) is 0 Å². The molecule has 0 amide bonds. The van der Waals surface area contributed by atoms with Crippen molar-refractivity contribution in [3.63, 3.8) is 0 Å². The van der Waals surface area contributed by atoms with Crippen LogP contribution in [0.25, 0.3) is 0 Å². The first-order valence-electron chi connectivity index (χ1n) is 5.97. The zero-order chi connectivity index (χ0) is 11.0. The summed E-state index contributed by atoms with van der Waals surface area (Å²) in [4.78, 5) is 0. The first-order valence-corrected chi connectivity index (χ1v) is 5.97. The van der Waals surface area contributed by atoms with Crippen molar-refractivity contribution in [3.8, 4) is 0 Å². The van der Waals surface area contributed by atoms with Gasteiger partial charge < -0.3 is 20.9 Å². The van der Waals surface area contributed by atoms with Crippen LogP contribution in [0, 0.1) is 0 Å². The summed E-state index contributed by atoms with van der Waals surface area (Å²) in [5.74, 6) is 0. The summed E-state index contributed by atoms with van der Waals surface area (Å²) >= 11 is 0. The molecule has 1 heterocycles. The van der Waals surface area contributed by atoms with Gasteiger partial charge in [0, 0.05) is 31.9 Å². The van der Waals surface area contributed by atoms with Crippen LogP contribution in [0.5, 0.6) is 0 Å². The molecule has 0 aromatic carbocycles. The average Bonchev–Trinajstić information content (AvgIpc) is 2.51. The predicted molar refractivity (Wildman–Crippen MR) is 60.8 cm³/mol. The van der Waals surface area contributed by atoms with Crippen LogP contribution < -0.4 is 11.1 Å². The molecular weight excluding hydrogens is 192 g/mol. The van der Waals surface area contributed by atoms with Crippen molar-refractivity contribution in [3.05, 3.63) is 0 Å². The van der Waals surface area contributed by atoms with Gasteiger partial charge in [0.1, 0.15) is 0 Å². The smallest absolute Gasteiger partial charge is 0.0484 e. The van der Waals surface area contributed by atoms with Crippen LogP contribution in [0.1, 0.15) is 32.1 Å². The molecule has 4 nitrogen and oxygen atoms in total. The van der Waals surface area contributed by atoms with E-state index in [1.54, 1.807) is 0 Å². The van der Waals surface area contributed by atoms with Crippen molar-refractivity contribution < 1.29 is 9.84 Å². The molecule has 1 rings (SSSR count). The minimum atomic E-state index is 0.0754. The Balaban J connectivity index is 2.29. The minimum absolute atomic E-state index is 0.0754. The van der Waals surface area contributed by atoms with E-state index in [0.29, 0.717) is 6.54 Å². The van der Waals surface area contributed by atoms with Crippen LogP contribution in [-0.4, -0.2) is 43.6 Å². The molecule has 90 valence electrons. The first-order chi connectivity index (χ1) is 7.33. The summed E-state index contributed by atoms with van der Waals surface area (Å²) in [5, 5.41) is 12.2. The Bertz CT molecular complexity index is 157. The second kappa shape index (κ2) is 7.17. The standard InChI is InChI=1S/C11H24N2O2/c12-10-11(13-6-1-2-7-14)4-3-8-15-9-5-11/h13-14H,1-10,12H2. The molecule has 1 saturated heterocycles. The fraction of sp³-hybridized carbons (Fsp3) is 1.00. The Morgan fingerprint density at radius 2 is 2.13 bits per heavy atom. The largest absolute Gasteiger partial charge is 0.396 e. The molecule has 4 heteroatoms. The van der Waals surface area contributed by atoms with Crippen molar-refractivity contribution in [1.29, 1.82) is 0 Å². The van der Waals surface area contributed by atoms with E-state index in [0.717, 1.165) is 51.9 Å². The van der Waals surface area contributed by atoms with E-state index in [1.165, 1.54) is 0 Å². The van der Waals surface area contributed by atoms with Crippen molar-refractivity contribution in [2.45, 2.75) is 37.6 Å². The van der Waals surface area contributed by atoms with Gasteiger partial charge in [0.15, 0.2) is 0 Å². The lowest BCUT2D eigenvalue weighted by atomic mass is 9.90. The van der Waals surface area contributed by atoms with Crippen LogP contribution in [0.15, 0.2) is 0 Å². The number of nitrogens with one attached hydrogen (secondary N) is 1. The van der Waals surface area contributed by atoms with Crippen molar-refractivity contribution >= 4 is 0 Å². The summed E-state index contributed by atoms with van der Waals surface area (Å²) in [6.45, 7) is 3.57. The highest BCUT2D eigenvalue weighted by Gasteiger charge is 2.28. The van der Waals surface area contributed by atoms with Gasteiger partial charge in [-0.25, -0.2) is 0 Å². The zero-order valence-electron chi connectivity index (χ0n) is 9.50. The molecule has 4 N–H and O–H groups in total. The van der Waals surface area contributed by atoms with Gasteiger partial charge in [0.05, 0.1) is 0 Å². The second-order valence-electron chi connectivity index (χ2n) is 4.31. The summed E-state index contributed by atoms with van der Waals surface area (Å²) in [5.41, 5.74) is 5.93. The van der Waals surface area contributed by atoms with E-state index in [4.69, 9.17) is 15.6 Å². The highest BCUT2D eigenvalue weighted by Crippen LogP contribution is 2.20. The summed E-state index contributed by atoms with van der Waals surface area (Å²) < 4.78 is 5.44. The van der Waals surface area contributed by atoms with Crippen LogP contribution in [0.3, 0.4) is 0 Å². The molecule has 1 fully saturated rings. The maximum absolute atomic E-state index is 8.70. The van der Waals surface area contributed by atoms with Gasteiger partial charge in [0.2, 0.25) is 0 Å². The van der Waals surface area contributed by atoms with Gasteiger partial charge in [-0.3, -0.25) is 0 Å². The summed E-state index contributed by atoms with van der Waals surface area (Å²) in [7, 11) is 0. The fourth-order valence-corrected chi connectivity index (χ4v) is 2.05. The van der Waals surface area contributed by atoms with E-state index in [9.17, 15) is 0 Å². The normalized spacial score (nSPS) is 27.6. The molecule has 1 aliphatic rings. The van der Waals surface area contributed by atoms with Gasteiger partial charge in [0.25, 0.3) is 0 Å². The molecule has 0 saturated carbocycles. The van der Waals surface area contributed by atoms with Gasteiger partial charge in [-0.15, -0.1) is 0 Å². The molecule has 0 aromatic rings. The molecule has 0 radical (unpaired) electrons. The quantitative estimate of drug-likeness (QED) is 0.557. The van der Waals surface area contributed by atoms with Crippen LogP contribution in [0.2, 0.25) is 0 Å². The molecule has 1 unspecified atom stereocenters. The first kappa shape index (κ1) is 12.9. The number of aliphatic hydroxyl groups is 1. The Kier molecular flexibility index (Phi) is 6.17. The van der Waals surface area contributed by atoms with Crippen LogP contribution in [-0.2, 0) is 4.74 Å². The van der Waals surface area contributed by atoms with Gasteiger partial charge in [-0.05, 0) is 38.6 Å². The third kappa shape index (κ3) is 4.47. The van der Waals surface area contributed by atoms with Crippen molar-refractivity contribution in [2.75, 3.05) is 32.9 Å². The third-order valence-corrected chi connectivity index (χ3v) is 3.14. The molecule has 1 aliphatic heterocycles. The fourth-order valence-electron chi connectivity index (χ4n) is 2.05. The monoisotopic (exact) mass is 216 g/mol. The van der Waals surface area contributed by atoms with E-state index in [1.807, 2.05) is 0 Å². The lowest BCUT2D eigenvalue weighted by molar-refractivity contribution is 0.137. The molecule has 0 spiro atoms. The highest BCUT2D eigenvalue weighted by atomic mass is 16.5. The SMILES string of the molecule is NCC1(NCCCCO)CCCOCC1. The number of hydrogen-bond donors (Lipinski definition) is 3. The summed E-state index contributed by atoms with van der Waals surface area (Å²) in [6.07, 6.45) is 5.07. The lowest BCUT2D eigenvalue weighted by Gasteiger charge is -2.32. The Labute approximate surface area is 92.2 Å². The number of hydrogen-bond acceptors (Lipinski definition) is 4. The number of ether oxygens (including phenoxy) is 1. The van der Waals surface area contributed by atoms with Gasteiger partial charge in [-0.1, -0.05) is 0 Å². The Morgan fingerprint density at radius 1 is 1.27 bits per heavy atom. The predicted octanol–water partition coefficient (Wildman–Crippen LogP) is 0.246. The van der Waals surface area contributed by atoms with Crippen molar-refractivity contribution in [2.24, 2.45) is 5.73 Å². The molecular formula is C11H24N2O2. The zero-order valence-corrected chi connectivity index (χ0v) is 9.50. The maximum atomic E-state index is 8.70. The van der Waals surface area contributed by atoms with E-state index >= 15 is 0 Å². The highest BCUT2D eigenvalue weighted by molar-refractivity contribution is 4.90. The Hall–Kier alpha value is -0.160. The number of rotatable bonds is 6. The Morgan fingerprint density at radius 3 is 2.87 bits per heavy atom. The minimum Gasteiger partial charge on any atom is -0.396 e. The summed E-state index contributed by atoms with van der Waals surface area (Å²) in [6, 6.07) is 0. The average molecular weight is 216 g/mol. The van der Waals surface area contributed by atoms with Crippen LogP contribution in [0.4, 0.5) is 0 Å². The molecule has 15 heavy (non-hydrogen) atoms. The van der Waals surface area contributed by atoms with Crippen LogP contribution >= 0.6 is 0 Å². The second-order valence-corrected chi connectivity index (χ2v) is 4.31. The lowest BCUT2D eigenvalue weighted by Crippen LogP contribution is -2.51. The third-order valence-electron chi connectivity index (χ3n) is 3.14. The van der Waals surface area contributed by atoms with E-state index in [-0.39, 0.29) is 12.1 Å². The number of unbranched alkanes of at least 4 members (excludes halogenated alkanes) is 1. The number of aliphatic hydroxyl groups excluding tert-OH is 1. The molecule has 0 bridgehead atoms. The molecule has 0 aliphatic carbocycles. The molecule has 1 atom stereocenters. The topological polar surface area (TPSA) is 67.5 Å². The van der Waals surface area contributed by atoms with E-state index < -0.39 is 0 Å². The maximum Gasteiger partial charge on any atom is 0.0484 e. The van der Waals surface area contributed by atoms with Gasteiger partial charge >= 0.3 is 0 Å².